The molecule has 0 aliphatic carbocycles. The molecule has 2 rings (SSSR count). The second-order valence-corrected chi connectivity index (χ2v) is 6.48. The standard InChI is InChI=1S/C14H23BN2O3/c1-9(16)8-10-6-7-11(18)12(17-10)15-19-13(2,3)14(4,5)20-15/h6-7,9,18H,8,16H2,1-5H3. The van der Waals surface area contributed by atoms with Crippen LogP contribution in [0.3, 0.4) is 0 Å². The highest BCUT2D eigenvalue weighted by molar-refractivity contribution is 6.62. The third kappa shape index (κ3) is 2.82. The van der Waals surface area contributed by atoms with Gasteiger partial charge in [-0.25, -0.2) is 0 Å². The lowest BCUT2D eigenvalue weighted by Gasteiger charge is -2.32. The van der Waals surface area contributed by atoms with Crippen LogP contribution < -0.4 is 11.3 Å². The molecule has 0 amide bonds. The first kappa shape index (κ1) is 15.3. The normalized spacial score (nSPS) is 22.0. The van der Waals surface area contributed by atoms with Gasteiger partial charge in [-0.2, -0.15) is 0 Å². The smallest absolute Gasteiger partial charge is 0.507 e. The van der Waals surface area contributed by atoms with Gasteiger partial charge in [0.15, 0.2) is 0 Å². The molecule has 2 heterocycles. The Kier molecular flexibility index (Phi) is 3.84. The number of aromatic hydroxyl groups is 1. The molecule has 1 atom stereocenters. The Morgan fingerprint density at radius 3 is 2.30 bits per heavy atom. The van der Waals surface area contributed by atoms with Crippen LogP contribution in [0.15, 0.2) is 12.1 Å². The molecular formula is C14H23BN2O3. The molecule has 1 fully saturated rings. The maximum absolute atomic E-state index is 10.0. The molecule has 1 aliphatic rings. The van der Waals surface area contributed by atoms with Crippen molar-refractivity contribution >= 4 is 12.7 Å². The van der Waals surface area contributed by atoms with Gasteiger partial charge in [0.2, 0.25) is 0 Å². The zero-order valence-electron chi connectivity index (χ0n) is 12.8. The summed E-state index contributed by atoms with van der Waals surface area (Å²) in [5, 5.41) is 10.0. The van der Waals surface area contributed by atoms with Gasteiger partial charge in [0.05, 0.1) is 11.2 Å². The third-order valence-corrected chi connectivity index (χ3v) is 3.97. The average Bonchev–Trinajstić information content (AvgIpc) is 2.50. The molecule has 20 heavy (non-hydrogen) atoms. The molecule has 1 aliphatic heterocycles. The SMILES string of the molecule is CC(N)Cc1ccc(O)c(B2OC(C)(C)C(C)(C)O2)n1. The number of aromatic nitrogens is 1. The molecule has 0 bridgehead atoms. The number of hydrogen-bond donors (Lipinski definition) is 2. The van der Waals surface area contributed by atoms with Gasteiger partial charge in [-0.05, 0) is 46.8 Å². The Morgan fingerprint density at radius 1 is 1.25 bits per heavy atom. The molecule has 3 N–H and O–H groups in total. The fourth-order valence-electron chi connectivity index (χ4n) is 2.08. The first-order chi connectivity index (χ1) is 9.12. The van der Waals surface area contributed by atoms with E-state index >= 15 is 0 Å². The average molecular weight is 278 g/mol. The molecule has 1 unspecified atom stereocenters. The Balaban J connectivity index is 2.30. The van der Waals surface area contributed by atoms with Crippen LogP contribution >= 0.6 is 0 Å². The summed E-state index contributed by atoms with van der Waals surface area (Å²) >= 11 is 0. The minimum absolute atomic E-state index is 0.0122. The highest BCUT2D eigenvalue weighted by atomic mass is 16.7. The van der Waals surface area contributed by atoms with Crippen molar-refractivity contribution in [3.05, 3.63) is 17.8 Å². The number of rotatable bonds is 3. The highest BCUT2D eigenvalue weighted by Crippen LogP contribution is 2.36. The highest BCUT2D eigenvalue weighted by Gasteiger charge is 2.53. The van der Waals surface area contributed by atoms with Crippen LogP contribution in [0.1, 0.15) is 40.3 Å². The zero-order chi connectivity index (χ0) is 15.1. The molecule has 0 aromatic carbocycles. The summed E-state index contributed by atoms with van der Waals surface area (Å²) in [5.41, 5.74) is 6.12. The Bertz CT molecular complexity index is 487. The van der Waals surface area contributed by atoms with Gasteiger partial charge in [0.25, 0.3) is 0 Å². The van der Waals surface area contributed by atoms with Crippen LogP contribution in [0.4, 0.5) is 0 Å². The van der Waals surface area contributed by atoms with E-state index in [1.165, 1.54) is 0 Å². The lowest BCUT2D eigenvalue weighted by molar-refractivity contribution is 0.00578. The predicted molar refractivity (Wildman–Crippen MR) is 79.0 cm³/mol. The summed E-state index contributed by atoms with van der Waals surface area (Å²) in [6, 6.07) is 3.40. The number of nitrogens with zero attached hydrogens (tertiary/aromatic N) is 1. The van der Waals surface area contributed by atoms with Crippen LogP contribution in [-0.4, -0.2) is 34.5 Å². The molecule has 0 spiro atoms. The van der Waals surface area contributed by atoms with E-state index in [2.05, 4.69) is 4.98 Å². The van der Waals surface area contributed by atoms with Crippen molar-refractivity contribution in [3.63, 3.8) is 0 Å². The first-order valence-corrected chi connectivity index (χ1v) is 6.92. The van der Waals surface area contributed by atoms with Crippen LogP contribution in [0.5, 0.6) is 5.75 Å². The Morgan fingerprint density at radius 2 is 1.80 bits per heavy atom. The molecule has 5 nitrogen and oxygen atoms in total. The second kappa shape index (κ2) is 5.02. The van der Waals surface area contributed by atoms with Crippen molar-refractivity contribution in [2.45, 2.75) is 58.3 Å². The minimum Gasteiger partial charge on any atom is -0.507 e. The quantitative estimate of drug-likeness (QED) is 0.806. The van der Waals surface area contributed by atoms with E-state index in [0.717, 1.165) is 5.69 Å². The van der Waals surface area contributed by atoms with Crippen LogP contribution in [0, 0.1) is 0 Å². The topological polar surface area (TPSA) is 77.6 Å². The predicted octanol–water partition coefficient (Wildman–Crippen LogP) is 0.976. The van der Waals surface area contributed by atoms with Crippen molar-refractivity contribution in [2.24, 2.45) is 5.73 Å². The number of hydrogen-bond acceptors (Lipinski definition) is 5. The van der Waals surface area contributed by atoms with Crippen LogP contribution in [0.2, 0.25) is 0 Å². The fourth-order valence-corrected chi connectivity index (χ4v) is 2.08. The summed E-state index contributed by atoms with van der Waals surface area (Å²) in [4.78, 5) is 4.45. The van der Waals surface area contributed by atoms with Crippen LogP contribution in [0.25, 0.3) is 0 Å². The van der Waals surface area contributed by atoms with Gasteiger partial charge in [-0.3, -0.25) is 4.98 Å². The van der Waals surface area contributed by atoms with E-state index in [0.29, 0.717) is 12.0 Å². The van der Waals surface area contributed by atoms with Crippen molar-refractivity contribution in [3.8, 4) is 5.75 Å². The maximum atomic E-state index is 10.0. The lowest BCUT2D eigenvalue weighted by Crippen LogP contribution is -2.41. The van der Waals surface area contributed by atoms with E-state index in [9.17, 15) is 5.11 Å². The largest absolute Gasteiger partial charge is 0.518 e. The summed E-state index contributed by atoms with van der Waals surface area (Å²) < 4.78 is 11.8. The number of nitrogens with two attached hydrogens (primary N) is 1. The molecule has 1 aromatic rings. The van der Waals surface area contributed by atoms with Gasteiger partial charge in [-0.1, -0.05) is 0 Å². The molecule has 0 radical (unpaired) electrons. The van der Waals surface area contributed by atoms with Crippen molar-refractivity contribution in [1.82, 2.24) is 4.98 Å². The summed E-state index contributed by atoms with van der Waals surface area (Å²) in [5.74, 6) is 0.0805. The van der Waals surface area contributed by atoms with E-state index in [4.69, 9.17) is 15.0 Å². The summed E-state index contributed by atoms with van der Waals surface area (Å²) in [7, 11) is -0.659. The van der Waals surface area contributed by atoms with Gasteiger partial charge >= 0.3 is 7.12 Å². The van der Waals surface area contributed by atoms with Gasteiger partial charge in [-0.15, -0.1) is 0 Å². The van der Waals surface area contributed by atoms with E-state index in [-0.39, 0.29) is 11.8 Å². The van der Waals surface area contributed by atoms with Crippen molar-refractivity contribution < 1.29 is 14.4 Å². The van der Waals surface area contributed by atoms with Crippen LogP contribution in [-0.2, 0) is 15.7 Å². The second-order valence-electron chi connectivity index (χ2n) is 6.48. The van der Waals surface area contributed by atoms with Gasteiger partial charge < -0.3 is 20.1 Å². The minimum atomic E-state index is -0.659. The molecule has 0 saturated carbocycles. The molecule has 1 aromatic heterocycles. The molecule has 6 heteroatoms. The van der Waals surface area contributed by atoms with Gasteiger partial charge in [0, 0.05) is 18.2 Å². The monoisotopic (exact) mass is 278 g/mol. The summed E-state index contributed by atoms with van der Waals surface area (Å²) in [6.07, 6.45) is 0.646. The molecule has 110 valence electrons. The zero-order valence-corrected chi connectivity index (χ0v) is 12.8. The van der Waals surface area contributed by atoms with E-state index in [1.807, 2.05) is 34.6 Å². The van der Waals surface area contributed by atoms with Crippen molar-refractivity contribution in [2.75, 3.05) is 0 Å². The lowest BCUT2D eigenvalue weighted by atomic mass is 9.83. The number of pyridine rings is 1. The van der Waals surface area contributed by atoms with Crippen molar-refractivity contribution in [1.29, 1.82) is 0 Å². The molecule has 1 saturated heterocycles. The molecular weight excluding hydrogens is 255 g/mol. The van der Waals surface area contributed by atoms with E-state index in [1.54, 1.807) is 12.1 Å². The first-order valence-electron chi connectivity index (χ1n) is 6.92. The third-order valence-electron chi connectivity index (χ3n) is 3.97. The maximum Gasteiger partial charge on any atom is 0.518 e. The fraction of sp³-hybridized carbons (Fsp3) is 0.643. The van der Waals surface area contributed by atoms with Gasteiger partial charge in [0.1, 0.15) is 11.3 Å². The summed E-state index contributed by atoms with van der Waals surface area (Å²) in [6.45, 7) is 9.79. The van der Waals surface area contributed by atoms with E-state index < -0.39 is 18.3 Å². The Hall–Kier alpha value is -1.11. The Labute approximate surface area is 120 Å².